The van der Waals surface area contributed by atoms with E-state index in [9.17, 15) is 9.18 Å². The highest BCUT2D eigenvalue weighted by Crippen LogP contribution is 2.28. The molecular formula is C20H19FN2O2. The minimum absolute atomic E-state index is 0.161. The van der Waals surface area contributed by atoms with E-state index in [2.05, 4.69) is 10.3 Å². The van der Waals surface area contributed by atoms with Gasteiger partial charge in [-0.25, -0.2) is 9.37 Å². The molecule has 1 atom stereocenters. The van der Waals surface area contributed by atoms with E-state index < -0.39 is 0 Å². The molecule has 3 rings (SSSR count). The molecule has 0 saturated heterocycles. The summed E-state index contributed by atoms with van der Waals surface area (Å²) >= 11 is 0. The largest absolute Gasteiger partial charge is 0.496 e. The molecule has 128 valence electrons. The van der Waals surface area contributed by atoms with Gasteiger partial charge in [0.25, 0.3) is 5.91 Å². The Balaban J connectivity index is 1.96. The van der Waals surface area contributed by atoms with Crippen LogP contribution in [-0.4, -0.2) is 18.0 Å². The first-order valence-corrected chi connectivity index (χ1v) is 8.00. The normalized spacial score (nSPS) is 12.0. The van der Waals surface area contributed by atoms with Crippen LogP contribution in [0.5, 0.6) is 5.75 Å². The number of rotatable bonds is 4. The molecule has 0 aliphatic carbocycles. The van der Waals surface area contributed by atoms with Gasteiger partial charge in [-0.3, -0.25) is 4.79 Å². The molecule has 0 aliphatic rings. The van der Waals surface area contributed by atoms with Gasteiger partial charge >= 0.3 is 0 Å². The summed E-state index contributed by atoms with van der Waals surface area (Å²) in [6.07, 6.45) is 0. The fourth-order valence-electron chi connectivity index (χ4n) is 2.81. The summed E-state index contributed by atoms with van der Waals surface area (Å²) in [4.78, 5) is 17.0. The van der Waals surface area contributed by atoms with Gasteiger partial charge in [-0.2, -0.15) is 0 Å². The topological polar surface area (TPSA) is 51.2 Å². The smallest absolute Gasteiger partial charge is 0.270 e. The minimum Gasteiger partial charge on any atom is -0.496 e. The number of nitrogens with zero attached hydrogens (tertiary/aromatic N) is 1. The lowest BCUT2D eigenvalue weighted by molar-refractivity contribution is 0.0935. The van der Waals surface area contributed by atoms with Crippen LogP contribution in [-0.2, 0) is 0 Å². The lowest BCUT2D eigenvalue weighted by Crippen LogP contribution is -2.27. The summed E-state index contributed by atoms with van der Waals surface area (Å²) in [5.74, 6) is -0.245. The van der Waals surface area contributed by atoms with E-state index in [1.807, 2.05) is 37.3 Å². The van der Waals surface area contributed by atoms with Gasteiger partial charge in [0.05, 0.1) is 18.7 Å². The van der Waals surface area contributed by atoms with Crippen molar-refractivity contribution < 1.29 is 13.9 Å². The van der Waals surface area contributed by atoms with E-state index >= 15 is 0 Å². The number of aryl methyl sites for hydroxylation is 1. The molecular weight excluding hydrogens is 319 g/mol. The van der Waals surface area contributed by atoms with Crippen LogP contribution in [0.4, 0.5) is 4.39 Å². The van der Waals surface area contributed by atoms with E-state index in [0.29, 0.717) is 22.2 Å². The van der Waals surface area contributed by atoms with Gasteiger partial charge in [0, 0.05) is 11.5 Å². The van der Waals surface area contributed by atoms with Crippen molar-refractivity contribution in [3.8, 4) is 5.75 Å². The number of halogens is 1. The zero-order chi connectivity index (χ0) is 18.0. The Kier molecular flexibility index (Phi) is 4.65. The summed E-state index contributed by atoms with van der Waals surface area (Å²) in [6, 6.07) is 13.8. The number of hydrogen-bond donors (Lipinski definition) is 1. The fraction of sp³-hybridized carbons (Fsp3) is 0.200. The van der Waals surface area contributed by atoms with Crippen LogP contribution in [0.2, 0.25) is 0 Å². The van der Waals surface area contributed by atoms with E-state index in [1.54, 1.807) is 6.92 Å². The third-order valence-electron chi connectivity index (χ3n) is 4.13. The highest BCUT2D eigenvalue weighted by molar-refractivity contribution is 5.98. The van der Waals surface area contributed by atoms with Gasteiger partial charge in [-0.15, -0.1) is 0 Å². The number of carbonyl (C=O) groups excluding carboxylic acids is 1. The van der Waals surface area contributed by atoms with Crippen LogP contribution in [0, 0.1) is 12.7 Å². The first-order valence-electron chi connectivity index (χ1n) is 8.00. The summed E-state index contributed by atoms with van der Waals surface area (Å²) in [6.45, 7) is 3.66. The average molecular weight is 338 g/mol. The van der Waals surface area contributed by atoms with E-state index in [4.69, 9.17) is 4.74 Å². The molecule has 5 heteroatoms. The minimum atomic E-state index is -0.361. The van der Waals surface area contributed by atoms with Crippen molar-refractivity contribution in [1.29, 1.82) is 0 Å². The number of fused-ring (bicyclic) bond motifs is 1. The van der Waals surface area contributed by atoms with Crippen LogP contribution in [0.15, 0.2) is 48.5 Å². The molecule has 25 heavy (non-hydrogen) atoms. The Bertz CT molecular complexity index is 926. The number of aromatic nitrogens is 1. The number of hydrogen-bond acceptors (Lipinski definition) is 3. The number of carbonyl (C=O) groups is 1. The molecule has 2 aromatic carbocycles. The Labute approximate surface area is 145 Å². The second kappa shape index (κ2) is 6.89. The quantitative estimate of drug-likeness (QED) is 0.776. The molecule has 0 saturated carbocycles. The second-order valence-corrected chi connectivity index (χ2v) is 5.93. The molecule has 0 aliphatic heterocycles. The van der Waals surface area contributed by atoms with Gasteiger partial charge in [0.15, 0.2) is 0 Å². The van der Waals surface area contributed by atoms with Gasteiger partial charge in [-0.05, 0) is 37.1 Å². The van der Waals surface area contributed by atoms with Crippen LogP contribution in [0.1, 0.15) is 34.6 Å². The van der Waals surface area contributed by atoms with Crippen molar-refractivity contribution in [2.24, 2.45) is 0 Å². The molecule has 1 unspecified atom stereocenters. The summed E-state index contributed by atoms with van der Waals surface area (Å²) in [7, 11) is 1.49. The molecule has 4 nitrogen and oxygen atoms in total. The monoisotopic (exact) mass is 338 g/mol. The third kappa shape index (κ3) is 3.45. The van der Waals surface area contributed by atoms with Gasteiger partial charge in [0.2, 0.25) is 0 Å². The first kappa shape index (κ1) is 16.9. The summed E-state index contributed by atoms with van der Waals surface area (Å²) < 4.78 is 19.0. The van der Waals surface area contributed by atoms with Crippen LogP contribution < -0.4 is 10.1 Å². The molecule has 1 heterocycles. The molecule has 1 aromatic heterocycles. The van der Waals surface area contributed by atoms with Crippen LogP contribution >= 0.6 is 0 Å². The Hall–Kier alpha value is -2.95. The molecule has 1 amide bonds. The van der Waals surface area contributed by atoms with Crippen molar-refractivity contribution in [2.75, 3.05) is 7.11 Å². The molecule has 0 fully saturated rings. The van der Waals surface area contributed by atoms with Crippen molar-refractivity contribution in [2.45, 2.75) is 19.9 Å². The lowest BCUT2D eigenvalue weighted by atomic mass is 10.1. The number of benzene rings is 2. The van der Waals surface area contributed by atoms with Crippen LogP contribution in [0.3, 0.4) is 0 Å². The predicted molar refractivity (Wildman–Crippen MR) is 95.3 cm³/mol. The number of nitrogens with one attached hydrogen (secondary N) is 1. The number of amides is 1. The van der Waals surface area contributed by atoms with Crippen LogP contribution in [0.25, 0.3) is 10.9 Å². The van der Waals surface area contributed by atoms with E-state index in [0.717, 1.165) is 5.56 Å². The molecule has 0 radical (unpaired) electrons. The zero-order valence-electron chi connectivity index (χ0n) is 14.3. The van der Waals surface area contributed by atoms with E-state index in [-0.39, 0.29) is 23.5 Å². The Morgan fingerprint density at radius 3 is 2.60 bits per heavy atom. The standard InChI is InChI=1S/C20H19FN2O2/c1-12-9-15(21)10-16-18(25-3)11-17(23-19(12)16)20(24)22-13(2)14-7-5-4-6-8-14/h4-11,13H,1-3H3,(H,22,24). The number of methoxy groups -OCH3 is 1. The average Bonchev–Trinajstić information content (AvgIpc) is 2.61. The zero-order valence-corrected chi connectivity index (χ0v) is 14.3. The maximum absolute atomic E-state index is 13.7. The molecule has 0 spiro atoms. The second-order valence-electron chi connectivity index (χ2n) is 5.93. The van der Waals surface area contributed by atoms with Gasteiger partial charge in [0.1, 0.15) is 17.3 Å². The highest BCUT2D eigenvalue weighted by Gasteiger charge is 2.17. The fourth-order valence-corrected chi connectivity index (χ4v) is 2.81. The number of pyridine rings is 1. The SMILES string of the molecule is COc1cc(C(=O)NC(C)c2ccccc2)nc2c(C)cc(F)cc12. The summed E-state index contributed by atoms with van der Waals surface area (Å²) in [5, 5.41) is 3.48. The molecule has 3 aromatic rings. The third-order valence-corrected chi connectivity index (χ3v) is 4.13. The van der Waals surface area contributed by atoms with Crippen molar-refractivity contribution in [1.82, 2.24) is 10.3 Å². The molecule has 0 bridgehead atoms. The maximum Gasteiger partial charge on any atom is 0.270 e. The summed E-state index contributed by atoms with van der Waals surface area (Å²) in [5.41, 5.74) is 2.45. The van der Waals surface area contributed by atoms with Crippen molar-refractivity contribution in [3.63, 3.8) is 0 Å². The van der Waals surface area contributed by atoms with Gasteiger partial charge < -0.3 is 10.1 Å². The predicted octanol–water partition coefficient (Wildman–Crippen LogP) is 4.18. The Morgan fingerprint density at radius 1 is 1.20 bits per heavy atom. The van der Waals surface area contributed by atoms with E-state index in [1.165, 1.54) is 25.3 Å². The van der Waals surface area contributed by atoms with Crippen molar-refractivity contribution in [3.05, 3.63) is 71.2 Å². The maximum atomic E-state index is 13.7. The Morgan fingerprint density at radius 2 is 1.92 bits per heavy atom. The number of ether oxygens (including phenoxy) is 1. The van der Waals surface area contributed by atoms with Crippen molar-refractivity contribution >= 4 is 16.8 Å². The lowest BCUT2D eigenvalue weighted by Gasteiger charge is -2.15. The highest BCUT2D eigenvalue weighted by atomic mass is 19.1. The first-order chi connectivity index (χ1) is 12.0. The van der Waals surface area contributed by atoms with Gasteiger partial charge in [-0.1, -0.05) is 30.3 Å². The molecule has 1 N–H and O–H groups in total.